The standard InChI is InChI=1S/C31H50O2/c1-19(2)21-11-13-28(5)15-16-30(7)22(25(21)28)9-10-24-29(6)17-20(18-32)26(33)27(3,4)23(29)12-14-31(24,30)8/h18-19,21-25,32H,9-17H2,1-8H3/b20-18-/t21-,22?,23-,24?,25+,28?,29?,30+,31?/m0/s1. The average Bonchev–Trinajstić information content (AvgIpc) is 3.09. The first kappa shape index (κ1) is 23.9. The number of aliphatic hydroxyl groups excluding tert-OH is 1. The summed E-state index contributed by atoms with van der Waals surface area (Å²) in [4.78, 5) is 13.2. The largest absolute Gasteiger partial charge is 0.515 e. The summed E-state index contributed by atoms with van der Waals surface area (Å²) in [6.07, 6.45) is 12.7. The number of Topliss-reactive ketones (excluding diaryl/α,β-unsaturated/α-hetero) is 1. The van der Waals surface area contributed by atoms with E-state index >= 15 is 0 Å². The molecule has 1 N–H and O–H groups in total. The number of fused-ring (bicyclic) bond motifs is 7. The molecule has 5 aliphatic carbocycles. The SMILES string of the molecule is CC(C)[C@@H]1CCC2(C)CC[C@]3(C)C(CCC4C5(C)C/C(=C/O)C(=O)C(C)(C)[C@@H]5CCC43C)[C@@H]12. The molecule has 5 saturated carbocycles. The van der Waals surface area contributed by atoms with Gasteiger partial charge in [-0.15, -0.1) is 0 Å². The van der Waals surface area contributed by atoms with E-state index in [0.717, 1.165) is 36.4 Å². The van der Waals surface area contributed by atoms with Gasteiger partial charge in [-0.3, -0.25) is 4.79 Å². The van der Waals surface area contributed by atoms with E-state index in [4.69, 9.17) is 0 Å². The lowest BCUT2D eigenvalue weighted by molar-refractivity contribution is -0.230. The molecule has 5 fully saturated rings. The first-order chi connectivity index (χ1) is 15.3. The second-order valence-electron chi connectivity index (χ2n) is 15.2. The van der Waals surface area contributed by atoms with Crippen LogP contribution in [0.4, 0.5) is 0 Å². The highest BCUT2D eigenvalue weighted by Gasteiger charge is 2.70. The van der Waals surface area contributed by atoms with Gasteiger partial charge >= 0.3 is 0 Å². The number of rotatable bonds is 1. The Kier molecular flexibility index (Phi) is 5.17. The molecule has 33 heavy (non-hydrogen) atoms. The molecule has 0 spiro atoms. The van der Waals surface area contributed by atoms with Gasteiger partial charge in [-0.1, -0.05) is 55.4 Å². The lowest BCUT2D eigenvalue weighted by Crippen LogP contribution is -2.66. The van der Waals surface area contributed by atoms with Crippen molar-refractivity contribution in [1.29, 1.82) is 0 Å². The van der Waals surface area contributed by atoms with Crippen LogP contribution >= 0.6 is 0 Å². The van der Waals surface area contributed by atoms with Crippen molar-refractivity contribution in [3.63, 3.8) is 0 Å². The van der Waals surface area contributed by atoms with Crippen molar-refractivity contribution in [2.45, 2.75) is 113 Å². The highest BCUT2D eigenvalue weighted by atomic mass is 16.2. The van der Waals surface area contributed by atoms with Crippen molar-refractivity contribution in [1.82, 2.24) is 0 Å². The fraction of sp³-hybridized carbons (Fsp3) is 0.903. The number of carbonyl (C=O) groups excluding carboxylic acids is 1. The number of hydrogen-bond acceptors (Lipinski definition) is 2. The topological polar surface area (TPSA) is 37.3 Å². The van der Waals surface area contributed by atoms with Crippen LogP contribution in [0.2, 0.25) is 0 Å². The Balaban J connectivity index is 1.57. The lowest BCUT2D eigenvalue weighted by Gasteiger charge is -2.72. The molecule has 0 amide bonds. The molecule has 0 aromatic heterocycles. The molecule has 5 unspecified atom stereocenters. The minimum absolute atomic E-state index is 0.0980. The van der Waals surface area contributed by atoms with Crippen molar-refractivity contribution < 1.29 is 9.90 Å². The summed E-state index contributed by atoms with van der Waals surface area (Å²) in [5.74, 6) is 4.66. The summed E-state index contributed by atoms with van der Waals surface area (Å²) in [5.41, 5.74) is 1.67. The highest BCUT2D eigenvalue weighted by Crippen LogP contribution is 2.77. The molecular formula is C31H50O2. The predicted octanol–water partition coefficient (Wildman–Crippen LogP) is 8.36. The van der Waals surface area contributed by atoms with E-state index in [-0.39, 0.29) is 16.6 Å². The van der Waals surface area contributed by atoms with E-state index in [1.54, 1.807) is 0 Å². The summed E-state index contributed by atoms with van der Waals surface area (Å²) >= 11 is 0. The van der Waals surface area contributed by atoms with Crippen LogP contribution in [0.5, 0.6) is 0 Å². The van der Waals surface area contributed by atoms with Crippen LogP contribution in [0.1, 0.15) is 113 Å². The van der Waals surface area contributed by atoms with Gasteiger partial charge in [-0.2, -0.15) is 0 Å². The molecule has 2 nitrogen and oxygen atoms in total. The Morgan fingerprint density at radius 3 is 2.18 bits per heavy atom. The number of ketones is 1. The zero-order valence-corrected chi connectivity index (χ0v) is 22.8. The Bertz CT molecular complexity index is 868. The molecule has 0 aromatic carbocycles. The fourth-order valence-electron chi connectivity index (χ4n) is 11.7. The molecule has 0 aliphatic heterocycles. The van der Waals surface area contributed by atoms with Crippen LogP contribution in [0, 0.1) is 62.6 Å². The Morgan fingerprint density at radius 1 is 0.848 bits per heavy atom. The highest BCUT2D eigenvalue weighted by molar-refractivity contribution is 6.00. The maximum atomic E-state index is 13.2. The van der Waals surface area contributed by atoms with Gasteiger partial charge in [-0.25, -0.2) is 0 Å². The van der Waals surface area contributed by atoms with Gasteiger partial charge in [0.25, 0.3) is 0 Å². The van der Waals surface area contributed by atoms with Crippen molar-refractivity contribution in [2.75, 3.05) is 0 Å². The zero-order chi connectivity index (χ0) is 24.2. The number of allylic oxidation sites excluding steroid dienone is 1. The summed E-state index contributed by atoms with van der Waals surface area (Å²) in [5, 5.41) is 10.0. The van der Waals surface area contributed by atoms with Crippen LogP contribution in [0.3, 0.4) is 0 Å². The molecule has 0 bridgehead atoms. The Hall–Kier alpha value is -0.790. The molecule has 9 atom stereocenters. The van der Waals surface area contributed by atoms with Gasteiger partial charge in [-0.05, 0) is 115 Å². The number of aliphatic hydroxyl groups is 1. The van der Waals surface area contributed by atoms with Crippen LogP contribution in [-0.2, 0) is 4.79 Å². The van der Waals surface area contributed by atoms with Crippen molar-refractivity contribution >= 4 is 5.78 Å². The smallest absolute Gasteiger partial charge is 0.167 e. The van der Waals surface area contributed by atoms with Crippen LogP contribution < -0.4 is 0 Å². The van der Waals surface area contributed by atoms with Crippen molar-refractivity contribution in [2.24, 2.45) is 62.6 Å². The van der Waals surface area contributed by atoms with Gasteiger partial charge in [0.15, 0.2) is 5.78 Å². The summed E-state index contributed by atoms with van der Waals surface area (Å²) < 4.78 is 0. The molecule has 5 aliphatic rings. The van der Waals surface area contributed by atoms with Gasteiger partial charge in [0, 0.05) is 11.0 Å². The Morgan fingerprint density at radius 2 is 1.55 bits per heavy atom. The van der Waals surface area contributed by atoms with E-state index in [1.165, 1.54) is 51.4 Å². The van der Waals surface area contributed by atoms with E-state index in [1.807, 2.05) is 0 Å². The maximum absolute atomic E-state index is 13.2. The molecule has 0 radical (unpaired) electrons. The predicted molar refractivity (Wildman–Crippen MR) is 136 cm³/mol. The van der Waals surface area contributed by atoms with Crippen LogP contribution in [0.15, 0.2) is 11.8 Å². The molecule has 0 saturated heterocycles. The zero-order valence-electron chi connectivity index (χ0n) is 22.8. The van der Waals surface area contributed by atoms with E-state index < -0.39 is 0 Å². The van der Waals surface area contributed by atoms with E-state index in [0.29, 0.717) is 33.7 Å². The maximum Gasteiger partial charge on any atom is 0.167 e. The molecule has 0 heterocycles. The van der Waals surface area contributed by atoms with Gasteiger partial charge in [0.1, 0.15) is 0 Å². The minimum Gasteiger partial charge on any atom is -0.515 e. The quantitative estimate of drug-likeness (QED) is 0.319. The fourth-order valence-corrected chi connectivity index (χ4v) is 11.7. The summed E-state index contributed by atoms with van der Waals surface area (Å²) in [6.45, 7) is 19.8. The molecule has 2 heteroatoms. The molecule has 0 aromatic rings. The summed E-state index contributed by atoms with van der Waals surface area (Å²) in [7, 11) is 0. The third-order valence-corrected chi connectivity index (χ3v) is 13.5. The first-order valence-corrected chi connectivity index (χ1v) is 14.1. The number of carbonyl (C=O) groups is 1. The normalized spacial score (nSPS) is 54.5. The second-order valence-corrected chi connectivity index (χ2v) is 15.2. The molecule has 5 rings (SSSR count). The third kappa shape index (κ3) is 2.82. The first-order valence-electron chi connectivity index (χ1n) is 14.1. The van der Waals surface area contributed by atoms with Crippen molar-refractivity contribution in [3.05, 3.63) is 11.8 Å². The van der Waals surface area contributed by atoms with E-state index in [2.05, 4.69) is 55.4 Å². The second kappa shape index (κ2) is 7.13. The lowest BCUT2D eigenvalue weighted by atomic mass is 9.32. The number of hydrogen-bond donors (Lipinski definition) is 1. The van der Waals surface area contributed by atoms with Crippen molar-refractivity contribution in [3.8, 4) is 0 Å². The van der Waals surface area contributed by atoms with Crippen LogP contribution in [0.25, 0.3) is 0 Å². The van der Waals surface area contributed by atoms with Gasteiger partial charge in [0.05, 0.1) is 6.26 Å². The third-order valence-electron chi connectivity index (χ3n) is 13.5. The van der Waals surface area contributed by atoms with Gasteiger partial charge in [0.2, 0.25) is 0 Å². The van der Waals surface area contributed by atoms with E-state index in [9.17, 15) is 9.90 Å². The van der Waals surface area contributed by atoms with Gasteiger partial charge < -0.3 is 5.11 Å². The summed E-state index contributed by atoms with van der Waals surface area (Å²) in [6, 6.07) is 0. The van der Waals surface area contributed by atoms with Crippen LogP contribution in [-0.4, -0.2) is 10.9 Å². The monoisotopic (exact) mass is 454 g/mol. The Labute approximate surface area is 203 Å². The average molecular weight is 455 g/mol. The molecular weight excluding hydrogens is 404 g/mol. The molecule has 186 valence electrons. The minimum atomic E-state index is -0.375.